The molecule has 23 heavy (non-hydrogen) atoms. The van der Waals surface area contributed by atoms with E-state index >= 15 is 0 Å². The molecule has 7 heteroatoms. The minimum absolute atomic E-state index is 0. The normalized spacial score (nSPS) is 21.1. The number of hydrogen-bond donors (Lipinski definition) is 1. The van der Waals surface area contributed by atoms with Gasteiger partial charge in [0, 0.05) is 19.5 Å². The smallest absolute Gasteiger partial charge is 0.223 e. The Morgan fingerprint density at radius 3 is 2.43 bits per heavy atom. The Morgan fingerprint density at radius 1 is 1.30 bits per heavy atom. The van der Waals surface area contributed by atoms with Gasteiger partial charge in [0.05, 0.1) is 10.6 Å². The average molecular weight is 361 g/mol. The summed E-state index contributed by atoms with van der Waals surface area (Å²) in [6.07, 6.45) is 0.900. The van der Waals surface area contributed by atoms with E-state index in [0.29, 0.717) is 19.6 Å². The fraction of sp³-hybridized carbons (Fsp3) is 0.562. The first-order valence-corrected chi connectivity index (χ1v) is 9.18. The molecule has 1 saturated heterocycles. The fourth-order valence-corrected chi connectivity index (χ4v) is 3.88. The van der Waals surface area contributed by atoms with Crippen LogP contribution < -0.4 is 5.73 Å². The largest absolute Gasteiger partial charge is 0.342 e. The first kappa shape index (κ1) is 19.9. The van der Waals surface area contributed by atoms with Crippen molar-refractivity contribution in [1.82, 2.24) is 4.90 Å². The lowest BCUT2D eigenvalue weighted by atomic mass is 9.90. The van der Waals surface area contributed by atoms with Gasteiger partial charge in [0.15, 0.2) is 9.84 Å². The van der Waals surface area contributed by atoms with Crippen LogP contribution in [0.2, 0.25) is 0 Å². The Bertz CT molecular complexity index is 646. The molecular formula is C16H25ClN2O3S. The molecule has 130 valence electrons. The lowest BCUT2D eigenvalue weighted by Crippen LogP contribution is -2.35. The van der Waals surface area contributed by atoms with Gasteiger partial charge in [0.25, 0.3) is 0 Å². The molecule has 1 unspecified atom stereocenters. The summed E-state index contributed by atoms with van der Waals surface area (Å²) >= 11 is 0. The zero-order valence-corrected chi connectivity index (χ0v) is 15.3. The predicted molar refractivity (Wildman–Crippen MR) is 93.5 cm³/mol. The van der Waals surface area contributed by atoms with Gasteiger partial charge in [0.1, 0.15) is 0 Å². The zero-order valence-electron chi connectivity index (χ0n) is 13.6. The highest BCUT2D eigenvalue weighted by atomic mass is 35.5. The minimum atomic E-state index is -3.41. The van der Waals surface area contributed by atoms with E-state index in [4.69, 9.17) is 5.73 Å². The second kappa shape index (κ2) is 7.64. The maximum absolute atomic E-state index is 12.3. The number of amides is 1. The third-order valence-corrected chi connectivity index (χ3v) is 6.10. The molecule has 1 amide bonds. The Balaban J connectivity index is 0.00000264. The predicted octanol–water partition coefficient (Wildman–Crippen LogP) is 1.78. The van der Waals surface area contributed by atoms with Crippen LogP contribution in [-0.2, 0) is 14.6 Å². The van der Waals surface area contributed by atoms with Gasteiger partial charge in [-0.1, -0.05) is 24.6 Å². The van der Waals surface area contributed by atoms with E-state index in [-0.39, 0.29) is 40.8 Å². The van der Waals surface area contributed by atoms with Crippen LogP contribution in [-0.4, -0.2) is 44.6 Å². The minimum Gasteiger partial charge on any atom is -0.342 e. The van der Waals surface area contributed by atoms with Crippen molar-refractivity contribution < 1.29 is 13.2 Å². The summed E-state index contributed by atoms with van der Waals surface area (Å²) in [4.78, 5) is 14.2. The van der Waals surface area contributed by atoms with Crippen LogP contribution in [0.25, 0.3) is 0 Å². The quantitative estimate of drug-likeness (QED) is 0.867. The maximum Gasteiger partial charge on any atom is 0.223 e. The molecule has 1 atom stereocenters. The van der Waals surface area contributed by atoms with Crippen molar-refractivity contribution in [1.29, 1.82) is 0 Å². The third-order valence-electron chi connectivity index (χ3n) is 4.37. The molecule has 2 rings (SSSR count). The van der Waals surface area contributed by atoms with Gasteiger partial charge < -0.3 is 10.6 Å². The van der Waals surface area contributed by atoms with Crippen LogP contribution in [0.1, 0.15) is 25.3 Å². The van der Waals surface area contributed by atoms with E-state index in [0.717, 1.165) is 12.0 Å². The molecule has 1 aromatic carbocycles. The zero-order chi connectivity index (χ0) is 16.4. The van der Waals surface area contributed by atoms with Gasteiger partial charge in [-0.25, -0.2) is 8.42 Å². The number of carbonyl (C=O) groups excluding carboxylic acids is 1. The molecule has 0 spiro atoms. The molecule has 1 aliphatic heterocycles. The van der Waals surface area contributed by atoms with Gasteiger partial charge in [-0.2, -0.15) is 0 Å². The lowest BCUT2D eigenvalue weighted by molar-refractivity contribution is -0.130. The SMILES string of the molecule is Cc1ccc(S(=O)(=O)CCC(=O)N2CCC(C)(CN)C2)cc1.Cl. The van der Waals surface area contributed by atoms with E-state index < -0.39 is 9.84 Å². The highest BCUT2D eigenvalue weighted by molar-refractivity contribution is 7.91. The number of nitrogens with zero attached hydrogens (tertiary/aromatic N) is 1. The average Bonchev–Trinajstić information content (AvgIpc) is 2.89. The molecular weight excluding hydrogens is 336 g/mol. The molecule has 0 bridgehead atoms. The number of likely N-dealkylation sites (tertiary alicyclic amines) is 1. The molecule has 1 aromatic rings. The van der Waals surface area contributed by atoms with Crippen LogP contribution in [0.3, 0.4) is 0 Å². The Labute approximate surface area is 144 Å². The van der Waals surface area contributed by atoms with Crippen molar-refractivity contribution in [3.63, 3.8) is 0 Å². The summed E-state index contributed by atoms with van der Waals surface area (Å²) in [6, 6.07) is 6.72. The molecule has 1 heterocycles. The number of sulfone groups is 1. The van der Waals surface area contributed by atoms with E-state index in [9.17, 15) is 13.2 Å². The highest BCUT2D eigenvalue weighted by Gasteiger charge is 2.34. The van der Waals surface area contributed by atoms with Gasteiger partial charge >= 0.3 is 0 Å². The molecule has 0 aliphatic carbocycles. The Morgan fingerprint density at radius 2 is 1.91 bits per heavy atom. The number of nitrogens with two attached hydrogens (primary N) is 1. The third kappa shape index (κ3) is 4.93. The second-order valence-corrected chi connectivity index (χ2v) is 8.57. The van der Waals surface area contributed by atoms with Crippen molar-refractivity contribution in [2.24, 2.45) is 11.1 Å². The number of carbonyl (C=O) groups is 1. The van der Waals surface area contributed by atoms with E-state index in [1.54, 1.807) is 29.2 Å². The number of rotatable bonds is 5. The first-order valence-electron chi connectivity index (χ1n) is 7.53. The van der Waals surface area contributed by atoms with Gasteiger partial charge in [-0.15, -0.1) is 12.4 Å². The van der Waals surface area contributed by atoms with Crippen molar-refractivity contribution in [2.75, 3.05) is 25.4 Å². The summed E-state index contributed by atoms with van der Waals surface area (Å²) in [7, 11) is -3.41. The van der Waals surface area contributed by atoms with Gasteiger partial charge in [-0.05, 0) is 37.4 Å². The van der Waals surface area contributed by atoms with Crippen LogP contribution >= 0.6 is 12.4 Å². The number of halogens is 1. The van der Waals surface area contributed by atoms with Gasteiger partial charge in [0.2, 0.25) is 5.91 Å². The Hall–Kier alpha value is -1.11. The van der Waals surface area contributed by atoms with E-state index in [1.165, 1.54) is 0 Å². The maximum atomic E-state index is 12.3. The van der Waals surface area contributed by atoms with Crippen LogP contribution in [0.4, 0.5) is 0 Å². The second-order valence-electron chi connectivity index (χ2n) is 6.46. The summed E-state index contributed by atoms with van der Waals surface area (Å²) < 4.78 is 24.5. The summed E-state index contributed by atoms with van der Waals surface area (Å²) in [6.45, 7) is 5.79. The molecule has 1 fully saturated rings. The van der Waals surface area contributed by atoms with Crippen molar-refractivity contribution in [3.8, 4) is 0 Å². The highest BCUT2D eigenvalue weighted by Crippen LogP contribution is 2.28. The topological polar surface area (TPSA) is 80.5 Å². The van der Waals surface area contributed by atoms with Crippen molar-refractivity contribution in [3.05, 3.63) is 29.8 Å². The molecule has 0 aromatic heterocycles. The standard InChI is InChI=1S/C16H24N2O3S.ClH/c1-13-3-5-14(6-4-13)22(20,21)10-7-15(19)18-9-8-16(2,11-17)12-18;/h3-6H,7-12,17H2,1-2H3;1H. The van der Waals surface area contributed by atoms with E-state index in [1.807, 2.05) is 6.92 Å². The fourth-order valence-electron chi connectivity index (χ4n) is 2.65. The molecule has 0 radical (unpaired) electrons. The molecule has 0 saturated carbocycles. The van der Waals surface area contributed by atoms with Crippen LogP contribution in [0, 0.1) is 12.3 Å². The van der Waals surface area contributed by atoms with E-state index in [2.05, 4.69) is 6.92 Å². The number of hydrogen-bond acceptors (Lipinski definition) is 4. The van der Waals surface area contributed by atoms with Crippen LogP contribution in [0.5, 0.6) is 0 Å². The van der Waals surface area contributed by atoms with Crippen LogP contribution in [0.15, 0.2) is 29.2 Å². The summed E-state index contributed by atoms with van der Waals surface area (Å²) in [5.41, 5.74) is 6.70. The summed E-state index contributed by atoms with van der Waals surface area (Å²) in [5.74, 6) is -0.252. The van der Waals surface area contributed by atoms with Gasteiger partial charge in [-0.3, -0.25) is 4.79 Å². The number of benzene rings is 1. The number of aryl methyl sites for hydroxylation is 1. The summed E-state index contributed by atoms with van der Waals surface area (Å²) in [5, 5.41) is 0. The Kier molecular flexibility index (Phi) is 6.62. The molecule has 5 nitrogen and oxygen atoms in total. The lowest BCUT2D eigenvalue weighted by Gasteiger charge is -2.22. The molecule has 2 N–H and O–H groups in total. The monoisotopic (exact) mass is 360 g/mol. The molecule has 1 aliphatic rings. The first-order chi connectivity index (χ1) is 10.3. The van der Waals surface area contributed by atoms with Crippen molar-refractivity contribution >= 4 is 28.2 Å². The van der Waals surface area contributed by atoms with Crippen molar-refractivity contribution in [2.45, 2.75) is 31.6 Å².